The molecular weight excluding hydrogens is 368 g/mol. The molecular formula is C19H24N2O5S. The third kappa shape index (κ3) is 6.99. The Balaban J connectivity index is 1.98. The van der Waals surface area contributed by atoms with Crippen molar-refractivity contribution in [3.63, 3.8) is 0 Å². The van der Waals surface area contributed by atoms with E-state index in [4.69, 9.17) is 14.2 Å². The smallest absolute Gasteiger partial charge is 0.357 e. The fraction of sp³-hybridized carbons (Fsp3) is 0.421. The molecule has 0 bridgehead atoms. The predicted molar refractivity (Wildman–Crippen MR) is 102 cm³/mol. The summed E-state index contributed by atoms with van der Waals surface area (Å²) in [6.07, 6.45) is 0.698. The maximum Gasteiger partial charge on any atom is 0.357 e. The van der Waals surface area contributed by atoms with Gasteiger partial charge in [0.25, 0.3) is 5.91 Å². The molecule has 0 aliphatic heterocycles. The van der Waals surface area contributed by atoms with E-state index in [9.17, 15) is 9.59 Å². The van der Waals surface area contributed by atoms with Crippen molar-refractivity contribution in [1.29, 1.82) is 0 Å². The van der Waals surface area contributed by atoms with E-state index in [2.05, 4.69) is 4.98 Å². The molecule has 1 aromatic carbocycles. The zero-order chi connectivity index (χ0) is 19.5. The van der Waals surface area contributed by atoms with Gasteiger partial charge in [-0.15, -0.1) is 11.3 Å². The molecule has 146 valence electrons. The first-order chi connectivity index (χ1) is 13.1. The lowest BCUT2D eigenvalue weighted by Crippen LogP contribution is -2.35. The Labute approximate surface area is 162 Å². The molecule has 1 amide bonds. The highest BCUT2D eigenvalue weighted by atomic mass is 32.1. The summed E-state index contributed by atoms with van der Waals surface area (Å²) in [6.45, 7) is 3.35. The van der Waals surface area contributed by atoms with Crippen molar-refractivity contribution in [2.24, 2.45) is 0 Å². The van der Waals surface area contributed by atoms with Crippen LogP contribution in [0.1, 0.15) is 28.8 Å². The van der Waals surface area contributed by atoms with E-state index in [1.807, 2.05) is 18.2 Å². The van der Waals surface area contributed by atoms with E-state index in [0.717, 1.165) is 0 Å². The van der Waals surface area contributed by atoms with Gasteiger partial charge in [-0.3, -0.25) is 4.79 Å². The minimum atomic E-state index is -0.454. The molecule has 0 N–H and O–H groups in total. The number of carbonyl (C=O) groups excluding carboxylic acids is 2. The van der Waals surface area contributed by atoms with E-state index in [1.165, 1.54) is 11.3 Å². The number of para-hydroxylation sites is 1. The van der Waals surface area contributed by atoms with E-state index >= 15 is 0 Å². The SMILES string of the molecule is CCOC(=O)c1csc(CN(CCCOC)C(=O)COc2ccccc2)n1. The average Bonchev–Trinajstić information content (AvgIpc) is 3.15. The first-order valence-electron chi connectivity index (χ1n) is 8.70. The first-order valence-corrected chi connectivity index (χ1v) is 9.58. The van der Waals surface area contributed by atoms with Crippen molar-refractivity contribution < 1.29 is 23.8 Å². The lowest BCUT2D eigenvalue weighted by molar-refractivity contribution is -0.134. The second-order valence-corrected chi connectivity index (χ2v) is 6.55. The molecule has 1 heterocycles. The summed E-state index contributed by atoms with van der Waals surface area (Å²) >= 11 is 1.33. The number of carbonyl (C=O) groups is 2. The van der Waals surface area contributed by atoms with Crippen LogP contribution < -0.4 is 4.74 Å². The number of thiazole rings is 1. The lowest BCUT2D eigenvalue weighted by Gasteiger charge is -2.21. The third-order valence-corrected chi connectivity index (χ3v) is 4.43. The predicted octanol–water partition coefficient (Wildman–Crippen LogP) is 2.76. The maximum atomic E-state index is 12.6. The molecule has 0 unspecified atom stereocenters. The molecule has 0 saturated heterocycles. The highest BCUT2D eigenvalue weighted by Gasteiger charge is 2.18. The number of amides is 1. The van der Waals surface area contributed by atoms with Gasteiger partial charge in [0.15, 0.2) is 12.3 Å². The zero-order valence-corrected chi connectivity index (χ0v) is 16.4. The molecule has 0 atom stereocenters. The highest BCUT2D eigenvalue weighted by Crippen LogP contribution is 2.15. The second-order valence-electron chi connectivity index (χ2n) is 5.61. The number of hydrogen-bond donors (Lipinski definition) is 0. The summed E-state index contributed by atoms with van der Waals surface area (Å²) < 4.78 is 15.6. The van der Waals surface area contributed by atoms with Crippen LogP contribution in [0.15, 0.2) is 35.7 Å². The van der Waals surface area contributed by atoms with E-state index in [1.54, 1.807) is 36.4 Å². The number of hydrogen-bond acceptors (Lipinski definition) is 7. The van der Waals surface area contributed by atoms with Crippen LogP contribution in [-0.2, 0) is 20.8 Å². The van der Waals surface area contributed by atoms with Crippen molar-refractivity contribution in [2.45, 2.75) is 19.9 Å². The lowest BCUT2D eigenvalue weighted by atomic mass is 10.3. The molecule has 2 rings (SSSR count). The summed E-state index contributed by atoms with van der Waals surface area (Å²) in [5.41, 5.74) is 0.265. The van der Waals surface area contributed by atoms with Crippen LogP contribution in [0.3, 0.4) is 0 Å². The summed E-state index contributed by atoms with van der Waals surface area (Å²) in [7, 11) is 1.62. The Kier molecular flexibility index (Phi) is 8.73. The summed E-state index contributed by atoms with van der Waals surface area (Å²) in [5.74, 6) is 0.0362. The van der Waals surface area contributed by atoms with E-state index in [-0.39, 0.29) is 18.2 Å². The van der Waals surface area contributed by atoms with Gasteiger partial charge >= 0.3 is 5.97 Å². The van der Waals surface area contributed by atoms with Gasteiger partial charge < -0.3 is 19.1 Å². The number of aromatic nitrogens is 1. The Morgan fingerprint density at radius 2 is 2.00 bits per heavy atom. The first kappa shape index (κ1) is 20.9. The number of rotatable bonds is 11. The van der Waals surface area contributed by atoms with Crippen molar-refractivity contribution in [2.75, 3.05) is 33.5 Å². The van der Waals surface area contributed by atoms with Crippen molar-refractivity contribution in [1.82, 2.24) is 9.88 Å². The van der Waals surface area contributed by atoms with Crippen LogP contribution in [0.4, 0.5) is 0 Å². The van der Waals surface area contributed by atoms with Crippen LogP contribution in [0, 0.1) is 0 Å². The molecule has 0 radical (unpaired) electrons. The quantitative estimate of drug-likeness (QED) is 0.432. The Hall–Kier alpha value is -2.45. The molecule has 27 heavy (non-hydrogen) atoms. The third-order valence-electron chi connectivity index (χ3n) is 3.60. The summed E-state index contributed by atoms with van der Waals surface area (Å²) in [6, 6.07) is 9.19. The topological polar surface area (TPSA) is 78.0 Å². The molecule has 0 saturated carbocycles. The highest BCUT2D eigenvalue weighted by molar-refractivity contribution is 7.09. The molecule has 0 aliphatic carbocycles. The molecule has 0 fully saturated rings. The second kappa shape index (κ2) is 11.3. The van der Waals surface area contributed by atoms with Crippen LogP contribution >= 0.6 is 11.3 Å². The Bertz CT molecular complexity index is 720. The molecule has 1 aromatic heterocycles. The fourth-order valence-corrected chi connectivity index (χ4v) is 3.07. The average molecular weight is 392 g/mol. The Morgan fingerprint density at radius 3 is 2.70 bits per heavy atom. The molecule has 0 spiro atoms. The van der Waals surface area contributed by atoms with Crippen molar-refractivity contribution >= 4 is 23.2 Å². The van der Waals surface area contributed by atoms with Crippen molar-refractivity contribution in [3.05, 3.63) is 46.4 Å². The van der Waals surface area contributed by atoms with Crippen LogP contribution in [0.2, 0.25) is 0 Å². The number of ether oxygens (including phenoxy) is 3. The van der Waals surface area contributed by atoms with Gasteiger partial charge in [-0.1, -0.05) is 18.2 Å². The summed E-state index contributed by atoms with van der Waals surface area (Å²) in [4.78, 5) is 30.3. The van der Waals surface area contributed by atoms with Crippen molar-refractivity contribution in [3.8, 4) is 5.75 Å². The number of methoxy groups -OCH3 is 1. The minimum absolute atomic E-state index is 0.0624. The van der Waals surface area contributed by atoms with Gasteiger partial charge in [0.2, 0.25) is 0 Å². The summed E-state index contributed by atoms with van der Waals surface area (Å²) in [5, 5.41) is 2.31. The van der Waals surface area contributed by atoms with Crippen LogP contribution in [-0.4, -0.2) is 55.2 Å². The number of benzene rings is 1. The Morgan fingerprint density at radius 1 is 1.22 bits per heavy atom. The van der Waals surface area contributed by atoms with E-state index < -0.39 is 5.97 Å². The molecule has 0 aliphatic rings. The minimum Gasteiger partial charge on any atom is -0.484 e. The van der Waals surface area contributed by atoms with Gasteiger partial charge in [-0.05, 0) is 25.5 Å². The van der Waals surface area contributed by atoms with Gasteiger partial charge in [0.1, 0.15) is 10.8 Å². The number of nitrogens with zero attached hydrogens (tertiary/aromatic N) is 2. The molecule has 8 heteroatoms. The van der Waals surface area contributed by atoms with Gasteiger partial charge in [0, 0.05) is 25.6 Å². The molecule has 7 nitrogen and oxygen atoms in total. The molecule has 2 aromatic rings. The normalized spacial score (nSPS) is 10.4. The maximum absolute atomic E-state index is 12.6. The number of esters is 1. The van der Waals surface area contributed by atoms with Gasteiger partial charge in [0.05, 0.1) is 13.2 Å². The standard InChI is InChI=1S/C19H24N2O5S/c1-3-25-19(23)16-14-27-17(20-16)12-21(10-7-11-24-2)18(22)13-26-15-8-5-4-6-9-15/h4-6,8-9,14H,3,7,10-13H2,1-2H3. The zero-order valence-electron chi connectivity index (χ0n) is 15.6. The van der Waals surface area contributed by atoms with Gasteiger partial charge in [-0.2, -0.15) is 0 Å². The fourth-order valence-electron chi connectivity index (χ4n) is 2.29. The largest absolute Gasteiger partial charge is 0.484 e. The van der Waals surface area contributed by atoms with Gasteiger partial charge in [-0.25, -0.2) is 9.78 Å². The van der Waals surface area contributed by atoms with E-state index in [0.29, 0.717) is 43.5 Å². The monoisotopic (exact) mass is 392 g/mol. The van der Waals surface area contributed by atoms with Crippen LogP contribution in [0.25, 0.3) is 0 Å². The van der Waals surface area contributed by atoms with Crippen LogP contribution in [0.5, 0.6) is 5.75 Å².